The molecule has 0 saturated carbocycles. The van der Waals surface area contributed by atoms with Crippen molar-refractivity contribution < 1.29 is 9.21 Å². The smallest absolute Gasteiger partial charge is 0.259 e. The number of carbonyl (C=O) groups is 1. The monoisotopic (exact) mass is 359 g/mol. The molecule has 0 aliphatic rings. The summed E-state index contributed by atoms with van der Waals surface area (Å²) in [6.07, 6.45) is 0. The fraction of sp³-hybridized carbons (Fsp3) is 0.105. The van der Waals surface area contributed by atoms with Crippen molar-refractivity contribution in [3.05, 3.63) is 75.5 Å². The van der Waals surface area contributed by atoms with Crippen LogP contribution in [0.2, 0.25) is 10.0 Å². The molecule has 1 amide bonds. The zero-order valence-corrected chi connectivity index (χ0v) is 14.7. The number of hydrogen-bond donors (Lipinski definition) is 1. The first-order valence-corrected chi connectivity index (χ1v) is 8.14. The van der Waals surface area contributed by atoms with E-state index in [9.17, 15) is 4.79 Å². The van der Waals surface area contributed by atoms with E-state index in [1.54, 1.807) is 37.3 Å². The second-order valence-corrected chi connectivity index (χ2v) is 6.30. The Morgan fingerprint density at radius 2 is 1.75 bits per heavy atom. The van der Waals surface area contributed by atoms with Crippen LogP contribution < -0.4 is 5.32 Å². The number of hydrogen-bond acceptors (Lipinski definition) is 2. The molecule has 0 unspecified atom stereocenters. The number of aryl methyl sites for hydroxylation is 1. The molecule has 1 heterocycles. The van der Waals surface area contributed by atoms with E-state index < -0.39 is 0 Å². The maximum absolute atomic E-state index is 12.6. The maximum Gasteiger partial charge on any atom is 0.259 e. The molecule has 0 aliphatic carbocycles. The van der Waals surface area contributed by atoms with Crippen molar-refractivity contribution in [3.8, 4) is 11.3 Å². The van der Waals surface area contributed by atoms with Crippen LogP contribution in [0, 0.1) is 13.8 Å². The lowest BCUT2D eigenvalue weighted by Crippen LogP contribution is -2.13. The Morgan fingerprint density at radius 3 is 2.46 bits per heavy atom. The highest BCUT2D eigenvalue weighted by atomic mass is 35.5. The van der Waals surface area contributed by atoms with Gasteiger partial charge in [-0.3, -0.25) is 4.79 Å². The van der Waals surface area contributed by atoms with Crippen LogP contribution >= 0.6 is 23.2 Å². The van der Waals surface area contributed by atoms with Crippen LogP contribution in [-0.4, -0.2) is 5.91 Å². The molecule has 3 rings (SSSR count). The molecule has 1 N–H and O–H groups in total. The minimum atomic E-state index is -0.234. The van der Waals surface area contributed by atoms with Crippen molar-refractivity contribution in [3.63, 3.8) is 0 Å². The summed E-state index contributed by atoms with van der Waals surface area (Å²) in [4.78, 5) is 12.6. The summed E-state index contributed by atoms with van der Waals surface area (Å²) in [5.41, 5.74) is 2.85. The molecule has 0 saturated heterocycles. The van der Waals surface area contributed by atoms with Gasteiger partial charge in [-0.1, -0.05) is 29.3 Å². The Hall–Kier alpha value is -2.23. The van der Waals surface area contributed by atoms with E-state index in [4.69, 9.17) is 27.6 Å². The van der Waals surface area contributed by atoms with Gasteiger partial charge in [-0.15, -0.1) is 0 Å². The molecule has 0 spiro atoms. The average molecular weight is 360 g/mol. The fourth-order valence-electron chi connectivity index (χ4n) is 2.40. The molecule has 0 aliphatic heterocycles. The topological polar surface area (TPSA) is 42.2 Å². The Balaban J connectivity index is 1.88. The molecular formula is C19H15Cl2NO2. The molecule has 0 radical (unpaired) electrons. The summed E-state index contributed by atoms with van der Waals surface area (Å²) in [5.74, 6) is 0.941. The summed E-state index contributed by atoms with van der Waals surface area (Å²) >= 11 is 12.0. The van der Waals surface area contributed by atoms with E-state index in [1.165, 1.54) is 0 Å². The predicted octanol–water partition coefficient (Wildman–Crippen LogP) is 6.12. The molecule has 24 heavy (non-hydrogen) atoms. The van der Waals surface area contributed by atoms with E-state index in [2.05, 4.69) is 5.32 Å². The Morgan fingerprint density at radius 1 is 1.04 bits per heavy atom. The summed E-state index contributed by atoms with van der Waals surface area (Å²) in [5, 5.41) is 4.14. The predicted molar refractivity (Wildman–Crippen MR) is 98.0 cm³/mol. The third kappa shape index (κ3) is 3.32. The lowest BCUT2D eigenvalue weighted by molar-refractivity contribution is 0.102. The summed E-state index contributed by atoms with van der Waals surface area (Å²) in [6, 6.07) is 14.4. The van der Waals surface area contributed by atoms with Crippen LogP contribution in [0.5, 0.6) is 0 Å². The SMILES string of the molecule is Cc1oc(-c2ccc(Cl)cc2)cc1C(=O)Nc1cccc(Cl)c1C. The zero-order chi connectivity index (χ0) is 17.3. The van der Waals surface area contributed by atoms with Crippen LogP contribution in [0.1, 0.15) is 21.7 Å². The van der Waals surface area contributed by atoms with Crippen LogP contribution in [-0.2, 0) is 0 Å². The fourth-order valence-corrected chi connectivity index (χ4v) is 2.70. The number of nitrogens with one attached hydrogen (secondary N) is 1. The summed E-state index contributed by atoms with van der Waals surface area (Å²) in [7, 11) is 0. The molecule has 5 heteroatoms. The van der Waals surface area contributed by atoms with Gasteiger partial charge >= 0.3 is 0 Å². The molecular weight excluding hydrogens is 345 g/mol. The average Bonchev–Trinajstić information content (AvgIpc) is 2.94. The van der Waals surface area contributed by atoms with Gasteiger partial charge in [0.2, 0.25) is 0 Å². The van der Waals surface area contributed by atoms with Crippen molar-refractivity contribution in [2.75, 3.05) is 5.32 Å². The first-order valence-electron chi connectivity index (χ1n) is 7.38. The maximum atomic E-state index is 12.6. The second kappa shape index (κ2) is 6.71. The van der Waals surface area contributed by atoms with Crippen LogP contribution in [0.15, 0.2) is 52.9 Å². The number of rotatable bonds is 3. The highest BCUT2D eigenvalue weighted by Gasteiger charge is 2.17. The molecule has 0 fully saturated rings. The van der Waals surface area contributed by atoms with Gasteiger partial charge in [-0.05, 0) is 61.9 Å². The second-order valence-electron chi connectivity index (χ2n) is 5.45. The molecule has 1 aromatic heterocycles. The van der Waals surface area contributed by atoms with Crippen molar-refractivity contribution in [1.29, 1.82) is 0 Å². The molecule has 2 aromatic carbocycles. The summed E-state index contributed by atoms with van der Waals surface area (Å²) in [6.45, 7) is 3.62. The van der Waals surface area contributed by atoms with Crippen molar-refractivity contribution >= 4 is 34.8 Å². The van der Waals surface area contributed by atoms with Gasteiger partial charge in [0.05, 0.1) is 5.56 Å². The molecule has 0 atom stereocenters. The van der Waals surface area contributed by atoms with E-state index in [1.807, 2.05) is 25.1 Å². The number of halogens is 2. The Labute approximate surface area is 150 Å². The first kappa shape index (κ1) is 16.6. The van der Waals surface area contributed by atoms with Gasteiger partial charge in [0, 0.05) is 21.3 Å². The van der Waals surface area contributed by atoms with Crippen molar-refractivity contribution in [2.45, 2.75) is 13.8 Å². The van der Waals surface area contributed by atoms with Gasteiger partial charge in [0.15, 0.2) is 0 Å². The quantitative estimate of drug-likeness (QED) is 0.611. The van der Waals surface area contributed by atoms with Crippen molar-refractivity contribution in [2.24, 2.45) is 0 Å². The number of amides is 1. The normalized spacial score (nSPS) is 10.7. The van der Waals surface area contributed by atoms with Crippen LogP contribution in [0.25, 0.3) is 11.3 Å². The van der Waals surface area contributed by atoms with Crippen LogP contribution in [0.4, 0.5) is 5.69 Å². The number of carbonyl (C=O) groups excluding carboxylic acids is 1. The van der Waals surface area contributed by atoms with E-state index in [-0.39, 0.29) is 5.91 Å². The number of benzene rings is 2. The lowest BCUT2D eigenvalue weighted by Gasteiger charge is -2.08. The molecule has 122 valence electrons. The highest BCUT2D eigenvalue weighted by Crippen LogP contribution is 2.28. The van der Waals surface area contributed by atoms with Gasteiger partial charge in [0.1, 0.15) is 11.5 Å². The van der Waals surface area contributed by atoms with Gasteiger partial charge in [-0.2, -0.15) is 0 Å². The standard InChI is InChI=1S/C19H15Cl2NO2/c1-11-16(21)4-3-5-17(11)22-19(23)15-10-18(24-12(15)2)13-6-8-14(20)9-7-13/h3-10H,1-2H3,(H,22,23). The van der Waals surface area contributed by atoms with Crippen LogP contribution in [0.3, 0.4) is 0 Å². The van der Waals surface area contributed by atoms with Gasteiger partial charge < -0.3 is 9.73 Å². The van der Waals surface area contributed by atoms with Gasteiger partial charge in [0.25, 0.3) is 5.91 Å². The van der Waals surface area contributed by atoms with E-state index in [0.717, 1.165) is 11.1 Å². The number of anilines is 1. The highest BCUT2D eigenvalue weighted by molar-refractivity contribution is 6.32. The largest absolute Gasteiger partial charge is 0.461 e. The van der Waals surface area contributed by atoms with E-state index >= 15 is 0 Å². The third-order valence-electron chi connectivity index (χ3n) is 3.81. The molecule has 0 bridgehead atoms. The molecule has 3 aromatic rings. The zero-order valence-electron chi connectivity index (χ0n) is 13.2. The Kier molecular flexibility index (Phi) is 4.65. The minimum Gasteiger partial charge on any atom is -0.461 e. The third-order valence-corrected chi connectivity index (χ3v) is 4.47. The van der Waals surface area contributed by atoms with E-state index in [0.29, 0.717) is 32.8 Å². The molecule has 3 nitrogen and oxygen atoms in total. The summed E-state index contributed by atoms with van der Waals surface area (Å²) < 4.78 is 5.72. The number of furan rings is 1. The minimum absolute atomic E-state index is 0.234. The van der Waals surface area contributed by atoms with Gasteiger partial charge in [-0.25, -0.2) is 0 Å². The Bertz CT molecular complexity index is 898. The van der Waals surface area contributed by atoms with Crippen molar-refractivity contribution in [1.82, 2.24) is 0 Å². The first-order chi connectivity index (χ1) is 11.5. The lowest BCUT2D eigenvalue weighted by atomic mass is 10.1.